The lowest BCUT2D eigenvalue weighted by molar-refractivity contribution is 0.392. The minimum atomic E-state index is -3.22. The van der Waals surface area contributed by atoms with Gasteiger partial charge in [-0.2, -0.15) is 0 Å². The Hall–Kier alpha value is -0.980. The second-order valence-corrected chi connectivity index (χ2v) is 7.27. The Balaban J connectivity index is 1.78. The molecule has 1 atom stereocenters. The molecule has 20 heavy (non-hydrogen) atoms. The van der Waals surface area contributed by atoms with Gasteiger partial charge in [0, 0.05) is 11.7 Å². The maximum atomic E-state index is 12.0. The number of nitrogens with zero attached hydrogens (tertiary/aromatic N) is 1. The van der Waals surface area contributed by atoms with E-state index < -0.39 is 10.0 Å². The van der Waals surface area contributed by atoms with Crippen LogP contribution in [0.3, 0.4) is 0 Å². The highest BCUT2D eigenvalue weighted by Crippen LogP contribution is 2.10. The lowest BCUT2D eigenvalue weighted by atomic mass is 10.0. The monoisotopic (exact) mass is 297 g/mol. The van der Waals surface area contributed by atoms with Crippen LogP contribution in [-0.4, -0.2) is 31.7 Å². The quantitative estimate of drug-likeness (QED) is 0.831. The van der Waals surface area contributed by atoms with E-state index >= 15 is 0 Å². The summed E-state index contributed by atoms with van der Waals surface area (Å²) >= 11 is 0. The SMILES string of the molecule is Cc1cccc(CNS(=O)(=O)CCC2CCCCN2)n1. The molecule has 6 heteroatoms. The van der Waals surface area contributed by atoms with Crippen LogP contribution in [0, 0.1) is 6.92 Å². The fourth-order valence-corrected chi connectivity index (χ4v) is 3.53. The first-order valence-corrected chi connectivity index (χ1v) is 8.84. The third-order valence-corrected chi connectivity index (χ3v) is 4.92. The van der Waals surface area contributed by atoms with E-state index in [2.05, 4.69) is 15.0 Å². The lowest BCUT2D eigenvalue weighted by Crippen LogP contribution is -2.37. The van der Waals surface area contributed by atoms with Gasteiger partial charge in [0.1, 0.15) is 0 Å². The fraction of sp³-hybridized carbons (Fsp3) is 0.643. The molecule has 112 valence electrons. The Morgan fingerprint density at radius 1 is 1.40 bits per heavy atom. The first-order chi connectivity index (χ1) is 9.55. The molecule has 0 bridgehead atoms. The molecule has 0 amide bonds. The van der Waals surface area contributed by atoms with Crippen LogP contribution >= 0.6 is 0 Å². The summed E-state index contributed by atoms with van der Waals surface area (Å²) in [5, 5.41) is 3.37. The Morgan fingerprint density at radius 3 is 2.95 bits per heavy atom. The van der Waals surface area contributed by atoms with Crippen molar-refractivity contribution in [3.8, 4) is 0 Å². The maximum absolute atomic E-state index is 12.0. The van der Waals surface area contributed by atoms with Crippen LogP contribution in [-0.2, 0) is 16.6 Å². The van der Waals surface area contributed by atoms with Gasteiger partial charge in [0.2, 0.25) is 10.0 Å². The number of pyridine rings is 1. The average Bonchev–Trinajstić information content (AvgIpc) is 2.45. The summed E-state index contributed by atoms with van der Waals surface area (Å²) in [6, 6.07) is 5.96. The molecule has 0 aromatic carbocycles. The number of hydrogen-bond acceptors (Lipinski definition) is 4. The Morgan fingerprint density at radius 2 is 2.25 bits per heavy atom. The first-order valence-electron chi connectivity index (χ1n) is 7.18. The van der Waals surface area contributed by atoms with Crippen molar-refractivity contribution < 1.29 is 8.42 Å². The van der Waals surface area contributed by atoms with Crippen LogP contribution in [0.15, 0.2) is 18.2 Å². The third kappa shape index (κ3) is 5.19. The molecule has 1 aliphatic rings. The van der Waals surface area contributed by atoms with Gasteiger partial charge in [-0.05, 0) is 44.9 Å². The second-order valence-electron chi connectivity index (χ2n) is 5.35. The minimum Gasteiger partial charge on any atom is -0.314 e. The van der Waals surface area contributed by atoms with Gasteiger partial charge in [0.15, 0.2) is 0 Å². The Bertz CT molecular complexity index is 525. The van der Waals surface area contributed by atoms with E-state index in [4.69, 9.17) is 0 Å². The zero-order valence-electron chi connectivity index (χ0n) is 11.9. The molecule has 1 saturated heterocycles. The van der Waals surface area contributed by atoms with E-state index in [9.17, 15) is 8.42 Å². The Labute approximate surface area is 121 Å². The van der Waals surface area contributed by atoms with Crippen LogP contribution in [0.2, 0.25) is 0 Å². The fourth-order valence-electron chi connectivity index (χ4n) is 2.42. The molecule has 1 fully saturated rings. The van der Waals surface area contributed by atoms with E-state index in [0.29, 0.717) is 12.5 Å². The maximum Gasteiger partial charge on any atom is 0.212 e. The van der Waals surface area contributed by atoms with Crippen molar-refractivity contribution in [2.75, 3.05) is 12.3 Å². The molecule has 0 spiro atoms. The van der Waals surface area contributed by atoms with Gasteiger partial charge in [-0.3, -0.25) is 4.98 Å². The molecule has 1 unspecified atom stereocenters. The van der Waals surface area contributed by atoms with E-state index in [1.54, 1.807) is 0 Å². The molecular weight excluding hydrogens is 274 g/mol. The number of sulfonamides is 1. The minimum absolute atomic E-state index is 0.177. The highest BCUT2D eigenvalue weighted by atomic mass is 32.2. The summed E-state index contributed by atoms with van der Waals surface area (Å²) in [5.74, 6) is 0.177. The van der Waals surface area contributed by atoms with Crippen molar-refractivity contribution in [1.29, 1.82) is 0 Å². The largest absolute Gasteiger partial charge is 0.314 e. The smallest absolute Gasteiger partial charge is 0.212 e. The molecular formula is C14H23N3O2S. The lowest BCUT2D eigenvalue weighted by Gasteiger charge is -2.23. The molecule has 5 nitrogen and oxygen atoms in total. The van der Waals surface area contributed by atoms with Crippen LogP contribution in [0.25, 0.3) is 0 Å². The van der Waals surface area contributed by atoms with Gasteiger partial charge in [-0.1, -0.05) is 12.5 Å². The second kappa shape index (κ2) is 7.15. The van der Waals surface area contributed by atoms with E-state index in [-0.39, 0.29) is 12.3 Å². The predicted octanol–water partition coefficient (Wildman–Crippen LogP) is 1.34. The normalized spacial score (nSPS) is 19.9. The molecule has 2 heterocycles. The van der Waals surface area contributed by atoms with Crippen LogP contribution in [0.1, 0.15) is 37.1 Å². The molecule has 0 saturated carbocycles. The highest BCUT2D eigenvalue weighted by Gasteiger charge is 2.17. The number of hydrogen-bond donors (Lipinski definition) is 2. The molecule has 1 aromatic heterocycles. The van der Waals surface area contributed by atoms with Crippen LogP contribution in [0.5, 0.6) is 0 Å². The number of aryl methyl sites for hydroxylation is 1. The molecule has 1 aromatic rings. The summed E-state index contributed by atoms with van der Waals surface area (Å²) in [7, 11) is -3.22. The first kappa shape index (κ1) is 15.4. The van der Waals surface area contributed by atoms with Crippen LogP contribution in [0.4, 0.5) is 0 Å². The average molecular weight is 297 g/mol. The summed E-state index contributed by atoms with van der Waals surface area (Å²) in [6.07, 6.45) is 4.14. The molecule has 1 aliphatic heterocycles. The van der Waals surface area contributed by atoms with Gasteiger partial charge < -0.3 is 5.32 Å². The van der Waals surface area contributed by atoms with E-state index in [0.717, 1.165) is 24.4 Å². The summed E-state index contributed by atoms with van der Waals surface area (Å²) < 4.78 is 26.6. The van der Waals surface area contributed by atoms with Crippen molar-refractivity contribution in [3.05, 3.63) is 29.6 Å². The summed E-state index contributed by atoms with van der Waals surface area (Å²) in [6.45, 7) is 3.17. The standard InChI is InChI=1S/C14H23N3O2S/c1-12-5-4-7-14(17-12)11-16-20(18,19)10-8-13-6-2-3-9-15-13/h4-5,7,13,15-16H,2-3,6,8-11H2,1H3. The van der Waals surface area contributed by atoms with Gasteiger partial charge in [0.25, 0.3) is 0 Å². The zero-order valence-corrected chi connectivity index (χ0v) is 12.7. The van der Waals surface area contributed by atoms with Crippen molar-refractivity contribution in [1.82, 2.24) is 15.0 Å². The van der Waals surface area contributed by atoms with Gasteiger partial charge in [0.05, 0.1) is 18.0 Å². The van der Waals surface area contributed by atoms with Gasteiger partial charge in [-0.15, -0.1) is 0 Å². The predicted molar refractivity (Wildman–Crippen MR) is 79.9 cm³/mol. The topological polar surface area (TPSA) is 71.1 Å². The number of piperidine rings is 1. The summed E-state index contributed by atoms with van der Waals surface area (Å²) in [5.41, 5.74) is 1.65. The molecule has 0 aliphatic carbocycles. The number of rotatable bonds is 6. The van der Waals surface area contributed by atoms with Crippen molar-refractivity contribution in [2.45, 2.75) is 45.2 Å². The Kier molecular flexibility index (Phi) is 5.51. The van der Waals surface area contributed by atoms with Crippen molar-refractivity contribution >= 4 is 10.0 Å². The van der Waals surface area contributed by atoms with Gasteiger partial charge >= 0.3 is 0 Å². The van der Waals surface area contributed by atoms with Crippen molar-refractivity contribution in [2.24, 2.45) is 0 Å². The highest BCUT2D eigenvalue weighted by molar-refractivity contribution is 7.89. The number of nitrogens with one attached hydrogen (secondary N) is 2. The molecule has 2 rings (SSSR count). The summed E-state index contributed by atoms with van der Waals surface area (Å²) in [4.78, 5) is 4.29. The van der Waals surface area contributed by atoms with Gasteiger partial charge in [-0.25, -0.2) is 13.1 Å². The zero-order chi connectivity index (χ0) is 14.4. The molecule has 0 radical (unpaired) electrons. The number of aromatic nitrogens is 1. The van der Waals surface area contributed by atoms with E-state index in [1.165, 1.54) is 12.8 Å². The third-order valence-electron chi connectivity index (χ3n) is 3.57. The van der Waals surface area contributed by atoms with E-state index in [1.807, 2.05) is 25.1 Å². The van der Waals surface area contributed by atoms with Crippen molar-refractivity contribution in [3.63, 3.8) is 0 Å². The molecule has 2 N–H and O–H groups in total. The van der Waals surface area contributed by atoms with Crippen LogP contribution < -0.4 is 10.0 Å².